The van der Waals surface area contributed by atoms with Crippen molar-refractivity contribution in [2.24, 2.45) is 0 Å². The number of nitrogens with zero attached hydrogens (tertiary/aromatic N) is 4. The Labute approximate surface area is 167 Å². The summed E-state index contributed by atoms with van der Waals surface area (Å²) in [4.78, 5) is 41.6. The van der Waals surface area contributed by atoms with Gasteiger partial charge in [0.05, 0.1) is 11.6 Å². The minimum atomic E-state index is -0.226. The molecule has 3 aromatic rings. The first-order valence-corrected chi connectivity index (χ1v) is 9.72. The molecule has 0 saturated carbocycles. The molecule has 0 bridgehead atoms. The molecule has 1 aliphatic heterocycles. The third kappa shape index (κ3) is 3.53. The average molecular weight is 394 g/mol. The molecule has 8 nitrogen and oxygen atoms in total. The van der Waals surface area contributed by atoms with Gasteiger partial charge in [-0.05, 0) is 24.6 Å². The average Bonchev–Trinajstić information content (AvgIpc) is 3.30. The highest BCUT2D eigenvalue weighted by Gasteiger charge is 2.28. The van der Waals surface area contributed by atoms with E-state index in [0.717, 1.165) is 6.42 Å². The summed E-state index contributed by atoms with van der Waals surface area (Å²) in [5.74, 6) is -0.109. The van der Waals surface area contributed by atoms with E-state index in [1.54, 1.807) is 46.2 Å². The van der Waals surface area contributed by atoms with Crippen LogP contribution in [0.25, 0.3) is 10.8 Å². The zero-order chi connectivity index (χ0) is 20.4. The Morgan fingerprint density at radius 2 is 1.62 bits per heavy atom. The molecule has 0 spiro atoms. The summed E-state index contributed by atoms with van der Waals surface area (Å²) < 4.78 is 6.54. The van der Waals surface area contributed by atoms with Crippen LogP contribution in [0.1, 0.15) is 34.4 Å². The SMILES string of the molecule is CCCn1nc(C(=O)N2CCN(C(=O)c3ccco3)CC2)c2ccccc2c1=O. The maximum absolute atomic E-state index is 13.2. The van der Waals surface area contributed by atoms with Crippen LogP contribution in [-0.4, -0.2) is 57.6 Å². The molecule has 1 aliphatic rings. The quantitative estimate of drug-likeness (QED) is 0.675. The van der Waals surface area contributed by atoms with E-state index in [0.29, 0.717) is 49.3 Å². The summed E-state index contributed by atoms with van der Waals surface area (Å²) in [6.45, 7) is 4.04. The standard InChI is InChI=1S/C21H22N4O4/c1-2-9-25-19(26)16-7-4-3-6-15(16)18(22-25)21(28)24-12-10-23(11-13-24)20(27)17-8-5-14-29-17/h3-8,14H,2,9-13H2,1H3. The van der Waals surface area contributed by atoms with Crippen molar-refractivity contribution in [3.05, 3.63) is 64.5 Å². The number of carbonyl (C=O) groups excluding carboxylic acids is 2. The number of amides is 2. The fourth-order valence-electron chi connectivity index (χ4n) is 3.57. The number of rotatable bonds is 4. The van der Waals surface area contributed by atoms with Crippen molar-refractivity contribution in [1.82, 2.24) is 19.6 Å². The van der Waals surface area contributed by atoms with E-state index in [1.807, 2.05) is 6.92 Å². The molecule has 1 saturated heterocycles. The van der Waals surface area contributed by atoms with E-state index in [9.17, 15) is 14.4 Å². The predicted molar refractivity (Wildman–Crippen MR) is 107 cm³/mol. The highest BCUT2D eigenvalue weighted by molar-refractivity contribution is 6.04. The van der Waals surface area contributed by atoms with Gasteiger partial charge in [-0.25, -0.2) is 4.68 Å². The lowest BCUT2D eigenvalue weighted by atomic mass is 10.1. The van der Waals surface area contributed by atoms with Crippen molar-refractivity contribution in [3.63, 3.8) is 0 Å². The Balaban J connectivity index is 1.58. The largest absolute Gasteiger partial charge is 0.459 e. The molecule has 150 valence electrons. The lowest BCUT2D eigenvalue weighted by Gasteiger charge is -2.34. The summed E-state index contributed by atoms with van der Waals surface area (Å²) in [5, 5.41) is 5.43. The number of aryl methyl sites for hydroxylation is 1. The van der Waals surface area contributed by atoms with E-state index in [1.165, 1.54) is 10.9 Å². The second-order valence-electron chi connectivity index (χ2n) is 6.98. The van der Waals surface area contributed by atoms with E-state index in [4.69, 9.17) is 4.42 Å². The molecule has 1 fully saturated rings. The topological polar surface area (TPSA) is 88.7 Å². The minimum absolute atomic E-state index is 0.179. The van der Waals surface area contributed by atoms with E-state index in [2.05, 4.69) is 5.10 Å². The van der Waals surface area contributed by atoms with Crippen LogP contribution in [0.15, 0.2) is 51.9 Å². The minimum Gasteiger partial charge on any atom is -0.459 e. The van der Waals surface area contributed by atoms with Crippen molar-refractivity contribution in [3.8, 4) is 0 Å². The number of carbonyl (C=O) groups is 2. The molecule has 4 rings (SSSR count). The third-order valence-electron chi connectivity index (χ3n) is 5.09. The number of piperazine rings is 1. The van der Waals surface area contributed by atoms with Gasteiger partial charge in [0.1, 0.15) is 0 Å². The van der Waals surface area contributed by atoms with Crippen molar-refractivity contribution in [1.29, 1.82) is 0 Å². The molecule has 2 aromatic heterocycles. The lowest BCUT2D eigenvalue weighted by Crippen LogP contribution is -2.51. The monoisotopic (exact) mass is 394 g/mol. The van der Waals surface area contributed by atoms with Crippen LogP contribution in [0, 0.1) is 0 Å². The Kier molecular flexibility index (Phi) is 5.16. The second kappa shape index (κ2) is 7.90. The first kappa shape index (κ1) is 18.9. The van der Waals surface area contributed by atoms with Gasteiger partial charge >= 0.3 is 0 Å². The molecule has 0 atom stereocenters. The fourth-order valence-corrected chi connectivity index (χ4v) is 3.57. The maximum atomic E-state index is 13.2. The Morgan fingerprint density at radius 1 is 0.966 bits per heavy atom. The van der Waals surface area contributed by atoms with E-state index < -0.39 is 0 Å². The number of aromatic nitrogens is 2. The zero-order valence-corrected chi connectivity index (χ0v) is 16.2. The number of fused-ring (bicyclic) bond motifs is 1. The molecule has 2 amide bonds. The summed E-state index contributed by atoms with van der Waals surface area (Å²) in [6.07, 6.45) is 2.21. The number of benzene rings is 1. The number of furan rings is 1. The Morgan fingerprint density at radius 3 is 2.24 bits per heavy atom. The molecule has 0 N–H and O–H groups in total. The van der Waals surface area contributed by atoms with Crippen LogP contribution in [0.3, 0.4) is 0 Å². The van der Waals surface area contributed by atoms with Crippen LogP contribution in [0.2, 0.25) is 0 Å². The molecule has 0 unspecified atom stereocenters. The zero-order valence-electron chi connectivity index (χ0n) is 16.2. The van der Waals surface area contributed by atoms with Crippen LogP contribution >= 0.6 is 0 Å². The van der Waals surface area contributed by atoms with Crippen molar-refractivity contribution < 1.29 is 14.0 Å². The Hall–Kier alpha value is -3.42. The first-order chi connectivity index (χ1) is 14.1. The van der Waals surface area contributed by atoms with Crippen molar-refractivity contribution in [2.75, 3.05) is 26.2 Å². The van der Waals surface area contributed by atoms with Gasteiger partial charge in [0.25, 0.3) is 17.4 Å². The molecule has 0 radical (unpaired) electrons. The van der Waals surface area contributed by atoms with Gasteiger partial charge in [-0.15, -0.1) is 0 Å². The van der Waals surface area contributed by atoms with Crippen LogP contribution in [-0.2, 0) is 6.54 Å². The van der Waals surface area contributed by atoms with E-state index >= 15 is 0 Å². The molecular formula is C21H22N4O4. The first-order valence-electron chi connectivity index (χ1n) is 9.72. The molecule has 1 aromatic carbocycles. The number of hydrogen-bond donors (Lipinski definition) is 0. The summed E-state index contributed by atoms with van der Waals surface area (Å²) in [6, 6.07) is 10.4. The van der Waals surface area contributed by atoms with Crippen LogP contribution < -0.4 is 5.56 Å². The maximum Gasteiger partial charge on any atom is 0.289 e. The number of hydrogen-bond acceptors (Lipinski definition) is 5. The van der Waals surface area contributed by atoms with Crippen LogP contribution in [0.4, 0.5) is 0 Å². The second-order valence-corrected chi connectivity index (χ2v) is 6.98. The molecule has 0 aliphatic carbocycles. The molecular weight excluding hydrogens is 372 g/mol. The van der Waals surface area contributed by atoms with E-state index in [-0.39, 0.29) is 23.1 Å². The van der Waals surface area contributed by atoms with Crippen LogP contribution in [0.5, 0.6) is 0 Å². The predicted octanol–water partition coefficient (Wildman–Crippen LogP) is 2.00. The smallest absolute Gasteiger partial charge is 0.289 e. The van der Waals surface area contributed by atoms with Gasteiger partial charge in [-0.3, -0.25) is 14.4 Å². The summed E-state index contributed by atoms with van der Waals surface area (Å²) >= 11 is 0. The fraction of sp³-hybridized carbons (Fsp3) is 0.333. The van der Waals surface area contributed by atoms with Gasteiger partial charge in [0, 0.05) is 38.1 Å². The highest BCUT2D eigenvalue weighted by Crippen LogP contribution is 2.17. The normalized spacial score (nSPS) is 14.4. The summed E-state index contributed by atoms with van der Waals surface area (Å²) in [7, 11) is 0. The van der Waals surface area contributed by atoms with Gasteiger partial charge in [0.2, 0.25) is 0 Å². The lowest BCUT2D eigenvalue weighted by molar-refractivity contribution is 0.0515. The summed E-state index contributed by atoms with van der Waals surface area (Å²) in [5.41, 5.74) is 0.0901. The molecule has 3 heterocycles. The highest BCUT2D eigenvalue weighted by atomic mass is 16.3. The molecule has 29 heavy (non-hydrogen) atoms. The van der Waals surface area contributed by atoms with Crippen molar-refractivity contribution >= 4 is 22.6 Å². The van der Waals surface area contributed by atoms with Gasteiger partial charge < -0.3 is 14.2 Å². The molecule has 8 heteroatoms. The van der Waals surface area contributed by atoms with Crippen molar-refractivity contribution in [2.45, 2.75) is 19.9 Å². The van der Waals surface area contributed by atoms with Gasteiger partial charge in [-0.2, -0.15) is 5.10 Å². The Bertz CT molecular complexity index is 1100. The van der Waals surface area contributed by atoms with Gasteiger partial charge in [-0.1, -0.05) is 25.1 Å². The third-order valence-corrected chi connectivity index (χ3v) is 5.09. The van der Waals surface area contributed by atoms with Gasteiger partial charge in [0.15, 0.2) is 11.5 Å².